The smallest absolute Gasteiger partial charge is 0.550 e. The summed E-state index contributed by atoms with van der Waals surface area (Å²) in [6.45, 7) is 0. The van der Waals surface area contributed by atoms with Crippen LogP contribution < -0.4 is 31.9 Å². The summed E-state index contributed by atoms with van der Waals surface area (Å²) in [7, 11) is 0. The first kappa shape index (κ1) is 29.1. The van der Waals surface area contributed by atoms with Gasteiger partial charge in [0.1, 0.15) is 0 Å². The second-order valence-electron chi connectivity index (χ2n) is 3.67. The van der Waals surface area contributed by atoms with Crippen LogP contribution in [-0.2, 0) is 58.1 Å². The summed E-state index contributed by atoms with van der Waals surface area (Å²) in [6, 6.07) is -2.42. The normalized spacial score (nSPS) is 11.4. The van der Waals surface area contributed by atoms with Crippen LogP contribution in [0.15, 0.2) is 0 Å². The number of carbonyl (C=O) groups excluding carboxylic acids is 4. The summed E-state index contributed by atoms with van der Waals surface area (Å²) >= 11 is 0. The maximum atomic E-state index is 9.86. The molecule has 22 heavy (non-hydrogen) atoms. The van der Waals surface area contributed by atoms with Gasteiger partial charge in [-0.2, -0.15) is 0 Å². The van der Waals surface area contributed by atoms with Crippen LogP contribution in [0.25, 0.3) is 0 Å². The third kappa shape index (κ3) is 21.3. The monoisotopic (exact) mass is 418 g/mol. The van der Waals surface area contributed by atoms with Crippen molar-refractivity contribution in [1.82, 2.24) is 0 Å². The van der Waals surface area contributed by atoms with Crippen molar-refractivity contribution in [2.24, 2.45) is 11.5 Å². The Hall–Kier alpha value is -0.953. The predicted octanol–water partition coefficient (Wildman–Crippen LogP) is -6.82. The number of aliphatic carboxylic acids is 4. The van der Waals surface area contributed by atoms with E-state index >= 15 is 0 Å². The largest absolute Gasteiger partial charge is 2.00 e. The minimum Gasteiger partial charge on any atom is -0.550 e. The van der Waals surface area contributed by atoms with Crippen LogP contribution in [0.4, 0.5) is 0 Å². The van der Waals surface area contributed by atoms with Gasteiger partial charge in [-0.05, 0) is 25.7 Å². The Bertz CT molecular complexity index is 333. The quantitative estimate of drug-likeness (QED) is 0.354. The minimum atomic E-state index is -1.44. The van der Waals surface area contributed by atoms with Crippen LogP contribution in [0.3, 0.4) is 0 Å². The molecule has 0 aliphatic carbocycles. The molecule has 10 nitrogen and oxygen atoms in total. The average molecular weight is 421 g/mol. The molecular formula is C10H14N2O8Zn2. The Morgan fingerprint density at radius 3 is 1.05 bits per heavy atom. The number of rotatable bonds is 8. The maximum absolute atomic E-state index is 9.86. The molecule has 4 N–H and O–H groups in total. The first-order chi connectivity index (χ1) is 9.07. The first-order valence-corrected chi connectivity index (χ1v) is 5.40. The van der Waals surface area contributed by atoms with Crippen LogP contribution in [0.1, 0.15) is 25.7 Å². The number of carbonyl (C=O) groups is 4. The Morgan fingerprint density at radius 1 is 0.682 bits per heavy atom. The summed E-state index contributed by atoms with van der Waals surface area (Å²) in [5, 5.41) is 39.2. The molecule has 0 aromatic heterocycles. The van der Waals surface area contributed by atoms with Crippen molar-refractivity contribution in [3.8, 4) is 0 Å². The van der Waals surface area contributed by atoms with Crippen molar-refractivity contribution < 1.29 is 78.6 Å². The molecule has 0 aliphatic heterocycles. The topological polar surface area (TPSA) is 213 Å². The van der Waals surface area contributed by atoms with Gasteiger partial charge in [0.05, 0.1) is 11.9 Å². The number of hydrogen-bond donors (Lipinski definition) is 2. The molecule has 0 radical (unpaired) electrons. The third-order valence-electron chi connectivity index (χ3n) is 1.92. The van der Waals surface area contributed by atoms with Gasteiger partial charge in [0, 0.05) is 24.0 Å². The van der Waals surface area contributed by atoms with Crippen molar-refractivity contribution in [2.75, 3.05) is 0 Å². The number of carboxylic acid groups (broad SMARTS) is 4. The molecule has 116 valence electrons. The van der Waals surface area contributed by atoms with E-state index in [0.717, 1.165) is 0 Å². The molecule has 0 fully saturated rings. The van der Waals surface area contributed by atoms with Crippen molar-refractivity contribution >= 4 is 23.9 Å². The van der Waals surface area contributed by atoms with Gasteiger partial charge in [-0.1, -0.05) is 0 Å². The zero-order valence-corrected chi connectivity index (χ0v) is 17.8. The third-order valence-corrected chi connectivity index (χ3v) is 1.92. The molecule has 0 aliphatic rings. The second kappa shape index (κ2) is 16.4. The fourth-order valence-corrected chi connectivity index (χ4v) is 0.782. The van der Waals surface area contributed by atoms with E-state index in [1.165, 1.54) is 0 Å². The molecule has 0 saturated heterocycles. The number of carboxylic acids is 4. The standard InChI is InChI=1S/2C5H9NO4.2Zn/c2*6-3(5(9)10)1-2-4(7)8;;/h2*3H,1-2,6H2,(H,7,8)(H,9,10);;/q;;2*+2/p-4/t2*3-;;/m00../s1. The Labute approximate surface area is 151 Å². The van der Waals surface area contributed by atoms with Crippen LogP contribution in [0, 0.1) is 0 Å². The van der Waals surface area contributed by atoms with Crippen molar-refractivity contribution in [1.29, 1.82) is 0 Å². The van der Waals surface area contributed by atoms with E-state index < -0.39 is 36.0 Å². The molecule has 0 spiro atoms. The van der Waals surface area contributed by atoms with E-state index in [-0.39, 0.29) is 64.6 Å². The number of hydrogen-bond acceptors (Lipinski definition) is 10. The molecule has 0 heterocycles. The molecule has 0 bridgehead atoms. The van der Waals surface area contributed by atoms with Gasteiger partial charge < -0.3 is 51.1 Å². The van der Waals surface area contributed by atoms with Gasteiger partial charge in [0.15, 0.2) is 0 Å². The van der Waals surface area contributed by atoms with Gasteiger partial charge in [0.25, 0.3) is 0 Å². The van der Waals surface area contributed by atoms with Crippen molar-refractivity contribution in [3.63, 3.8) is 0 Å². The Balaban J connectivity index is -0.000000135. The summed E-state index contributed by atoms with van der Waals surface area (Å²) in [4.78, 5) is 39.2. The SMILES string of the molecule is N[C@@H](CCC(=O)[O-])C(=O)[O-].N[C@@H](CCC(=O)[O-])C(=O)[O-].[Zn+2].[Zn+2]. The summed E-state index contributed by atoms with van der Waals surface area (Å²) in [6.07, 6.45) is -1.00. The van der Waals surface area contributed by atoms with Gasteiger partial charge in [-0.3, -0.25) is 0 Å². The average Bonchev–Trinajstić information content (AvgIpc) is 2.33. The maximum Gasteiger partial charge on any atom is 2.00 e. The van der Waals surface area contributed by atoms with Gasteiger partial charge in [0.2, 0.25) is 0 Å². The minimum absolute atomic E-state index is 0. The van der Waals surface area contributed by atoms with Crippen LogP contribution >= 0.6 is 0 Å². The van der Waals surface area contributed by atoms with E-state index in [4.69, 9.17) is 11.5 Å². The predicted molar refractivity (Wildman–Crippen MR) is 54.4 cm³/mol. The molecule has 0 aromatic carbocycles. The van der Waals surface area contributed by atoms with Crippen LogP contribution in [0.2, 0.25) is 0 Å². The number of nitrogens with two attached hydrogens (primary N) is 2. The van der Waals surface area contributed by atoms with Gasteiger partial charge in [-0.25, -0.2) is 0 Å². The van der Waals surface area contributed by atoms with E-state index in [1.807, 2.05) is 0 Å². The fraction of sp³-hybridized carbons (Fsp3) is 0.600. The molecule has 0 amide bonds. The van der Waals surface area contributed by atoms with E-state index in [0.29, 0.717) is 0 Å². The molecule has 2 atom stereocenters. The van der Waals surface area contributed by atoms with E-state index in [1.54, 1.807) is 0 Å². The van der Waals surface area contributed by atoms with Crippen molar-refractivity contribution in [2.45, 2.75) is 37.8 Å². The first-order valence-electron chi connectivity index (χ1n) is 5.40. The fourth-order valence-electron chi connectivity index (χ4n) is 0.782. The Kier molecular flexibility index (Phi) is 21.7. The molecule has 12 heteroatoms. The second-order valence-corrected chi connectivity index (χ2v) is 3.67. The zero-order valence-electron chi connectivity index (χ0n) is 11.8. The van der Waals surface area contributed by atoms with Crippen LogP contribution in [0.5, 0.6) is 0 Å². The molecular weight excluding hydrogens is 407 g/mol. The summed E-state index contributed by atoms with van der Waals surface area (Å²) < 4.78 is 0. The molecule has 0 aromatic rings. The van der Waals surface area contributed by atoms with Crippen LogP contribution in [-0.4, -0.2) is 36.0 Å². The molecule has 0 rings (SSSR count). The molecule has 0 unspecified atom stereocenters. The molecule has 0 saturated carbocycles. The zero-order chi connectivity index (χ0) is 16.3. The van der Waals surface area contributed by atoms with E-state index in [2.05, 4.69) is 0 Å². The summed E-state index contributed by atoms with van der Waals surface area (Å²) in [5.41, 5.74) is 9.82. The van der Waals surface area contributed by atoms with Crippen molar-refractivity contribution in [3.05, 3.63) is 0 Å². The Morgan fingerprint density at radius 2 is 0.909 bits per heavy atom. The summed E-state index contributed by atoms with van der Waals surface area (Å²) in [5.74, 6) is -5.50. The van der Waals surface area contributed by atoms with Gasteiger partial charge >= 0.3 is 39.0 Å². The van der Waals surface area contributed by atoms with Gasteiger partial charge in [-0.15, -0.1) is 0 Å². The van der Waals surface area contributed by atoms with E-state index in [9.17, 15) is 39.6 Å².